The molecule has 0 bridgehead atoms. The Hall–Kier alpha value is -2.21. The SMILES string of the molecule is COc1ccc2c(c1)/C(=C\c1c(C)nc3n1CCS3)C(=O)N2. The van der Waals surface area contributed by atoms with Crippen LogP contribution >= 0.6 is 11.8 Å². The predicted octanol–water partition coefficient (Wildman–Crippen LogP) is 2.80. The van der Waals surface area contributed by atoms with E-state index in [9.17, 15) is 4.79 Å². The van der Waals surface area contributed by atoms with Crippen molar-refractivity contribution in [3.63, 3.8) is 0 Å². The third kappa shape index (κ3) is 1.94. The Morgan fingerprint density at radius 2 is 2.32 bits per heavy atom. The van der Waals surface area contributed by atoms with Crippen molar-refractivity contribution in [2.45, 2.75) is 18.6 Å². The standard InChI is InChI=1S/C16H15N3O2S/c1-9-14(19-5-6-22-16(19)17-9)8-12-11-7-10(21-2)3-4-13(11)18-15(12)20/h3-4,7-8H,5-6H2,1-2H3,(H,18,20)/b12-8+. The van der Waals surface area contributed by atoms with Crippen molar-refractivity contribution >= 4 is 35.0 Å². The second-order valence-electron chi connectivity index (χ2n) is 5.29. The molecule has 2 aromatic rings. The Morgan fingerprint density at radius 3 is 3.14 bits per heavy atom. The number of imidazole rings is 1. The Morgan fingerprint density at radius 1 is 1.45 bits per heavy atom. The van der Waals surface area contributed by atoms with Gasteiger partial charge in [0.25, 0.3) is 5.91 Å². The molecular formula is C16H15N3O2S. The lowest BCUT2D eigenvalue weighted by molar-refractivity contribution is -0.110. The summed E-state index contributed by atoms with van der Waals surface area (Å²) in [6.07, 6.45) is 1.94. The Kier molecular flexibility index (Phi) is 3.00. The number of anilines is 1. The van der Waals surface area contributed by atoms with Crippen molar-refractivity contribution in [2.75, 3.05) is 18.2 Å². The molecular weight excluding hydrogens is 298 g/mol. The van der Waals surface area contributed by atoms with Crippen molar-refractivity contribution in [1.82, 2.24) is 9.55 Å². The Bertz CT molecular complexity index is 823. The van der Waals surface area contributed by atoms with E-state index in [0.717, 1.165) is 45.8 Å². The fourth-order valence-electron chi connectivity index (χ4n) is 2.87. The van der Waals surface area contributed by atoms with Crippen LogP contribution in [0, 0.1) is 6.92 Å². The molecule has 0 unspecified atom stereocenters. The van der Waals surface area contributed by atoms with Crippen LogP contribution in [0.2, 0.25) is 0 Å². The highest BCUT2D eigenvalue weighted by Crippen LogP contribution is 2.37. The van der Waals surface area contributed by atoms with Crippen molar-refractivity contribution in [3.8, 4) is 5.75 Å². The summed E-state index contributed by atoms with van der Waals surface area (Å²) in [4.78, 5) is 16.9. The van der Waals surface area contributed by atoms with Gasteiger partial charge in [-0.3, -0.25) is 4.79 Å². The Labute approximate surface area is 132 Å². The van der Waals surface area contributed by atoms with Crippen LogP contribution in [0.1, 0.15) is 17.0 Å². The molecule has 22 heavy (non-hydrogen) atoms. The number of carbonyl (C=O) groups is 1. The largest absolute Gasteiger partial charge is 0.497 e. The molecule has 5 nitrogen and oxygen atoms in total. The number of rotatable bonds is 2. The fraction of sp³-hybridized carbons (Fsp3) is 0.250. The molecule has 1 aromatic carbocycles. The number of thioether (sulfide) groups is 1. The van der Waals surface area contributed by atoms with Gasteiger partial charge in [-0.2, -0.15) is 0 Å². The Balaban J connectivity index is 1.85. The fourth-order valence-corrected chi connectivity index (χ4v) is 3.87. The molecule has 3 heterocycles. The number of fused-ring (bicyclic) bond motifs is 2. The zero-order valence-electron chi connectivity index (χ0n) is 12.3. The monoisotopic (exact) mass is 313 g/mol. The van der Waals surface area contributed by atoms with E-state index in [-0.39, 0.29) is 5.91 Å². The van der Waals surface area contributed by atoms with Gasteiger partial charge < -0.3 is 14.6 Å². The van der Waals surface area contributed by atoms with E-state index in [4.69, 9.17) is 4.74 Å². The number of aryl methyl sites for hydroxylation is 1. The lowest BCUT2D eigenvalue weighted by Gasteiger charge is -2.04. The summed E-state index contributed by atoms with van der Waals surface area (Å²) in [5, 5.41) is 3.94. The topological polar surface area (TPSA) is 56.2 Å². The average Bonchev–Trinajstić information content (AvgIpc) is 3.15. The van der Waals surface area contributed by atoms with Gasteiger partial charge in [-0.15, -0.1) is 0 Å². The van der Waals surface area contributed by atoms with Gasteiger partial charge in [-0.05, 0) is 31.2 Å². The summed E-state index contributed by atoms with van der Waals surface area (Å²) in [7, 11) is 1.63. The summed E-state index contributed by atoms with van der Waals surface area (Å²) in [6.45, 7) is 2.92. The van der Waals surface area contributed by atoms with Gasteiger partial charge in [0.1, 0.15) is 5.75 Å². The maximum atomic E-state index is 12.3. The minimum atomic E-state index is -0.0798. The first-order valence-electron chi connectivity index (χ1n) is 7.09. The molecule has 4 rings (SSSR count). The zero-order valence-corrected chi connectivity index (χ0v) is 13.2. The first-order chi connectivity index (χ1) is 10.7. The third-order valence-electron chi connectivity index (χ3n) is 3.99. The minimum absolute atomic E-state index is 0.0798. The summed E-state index contributed by atoms with van der Waals surface area (Å²) in [6, 6.07) is 5.61. The highest BCUT2D eigenvalue weighted by molar-refractivity contribution is 7.99. The van der Waals surface area contributed by atoms with Crippen LogP contribution in [-0.2, 0) is 11.3 Å². The number of amides is 1. The number of ether oxygens (including phenoxy) is 1. The van der Waals surface area contributed by atoms with Gasteiger partial charge in [0.15, 0.2) is 5.16 Å². The molecule has 6 heteroatoms. The van der Waals surface area contributed by atoms with Crippen LogP contribution in [0.15, 0.2) is 23.4 Å². The second-order valence-corrected chi connectivity index (χ2v) is 6.35. The molecule has 112 valence electrons. The first kappa shape index (κ1) is 13.5. The lowest BCUT2D eigenvalue weighted by atomic mass is 10.1. The highest BCUT2D eigenvalue weighted by atomic mass is 32.2. The molecule has 0 fully saturated rings. The molecule has 0 saturated carbocycles. The second kappa shape index (κ2) is 4.91. The van der Waals surface area contributed by atoms with Crippen LogP contribution in [0.25, 0.3) is 11.6 Å². The van der Waals surface area contributed by atoms with Crippen molar-refractivity contribution in [1.29, 1.82) is 0 Å². The molecule has 1 N–H and O–H groups in total. The van der Waals surface area contributed by atoms with Gasteiger partial charge in [0.2, 0.25) is 0 Å². The molecule has 1 aromatic heterocycles. The molecule has 0 atom stereocenters. The van der Waals surface area contributed by atoms with E-state index < -0.39 is 0 Å². The van der Waals surface area contributed by atoms with Gasteiger partial charge in [-0.25, -0.2) is 4.98 Å². The summed E-state index contributed by atoms with van der Waals surface area (Å²) in [5.41, 5.74) is 4.34. The molecule has 0 saturated heterocycles. The van der Waals surface area contributed by atoms with Gasteiger partial charge >= 0.3 is 0 Å². The predicted molar refractivity (Wildman–Crippen MR) is 87.2 cm³/mol. The van der Waals surface area contributed by atoms with Crippen LogP contribution < -0.4 is 10.1 Å². The third-order valence-corrected chi connectivity index (χ3v) is 4.95. The van der Waals surface area contributed by atoms with Crippen LogP contribution in [0.5, 0.6) is 5.75 Å². The van der Waals surface area contributed by atoms with Gasteiger partial charge in [-0.1, -0.05) is 11.8 Å². The first-order valence-corrected chi connectivity index (χ1v) is 8.07. The molecule has 2 aliphatic heterocycles. The highest BCUT2D eigenvalue weighted by Gasteiger charge is 2.26. The number of hydrogen-bond donors (Lipinski definition) is 1. The zero-order chi connectivity index (χ0) is 15.3. The lowest BCUT2D eigenvalue weighted by Crippen LogP contribution is -2.05. The van der Waals surface area contributed by atoms with Crippen LogP contribution in [0.4, 0.5) is 5.69 Å². The van der Waals surface area contributed by atoms with E-state index in [0.29, 0.717) is 5.57 Å². The van der Waals surface area contributed by atoms with E-state index in [2.05, 4.69) is 14.9 Å². The van der Waals surface area contributed by atoms with Crippen LogP contribution in [0.3, 0.4) is 0 Å². The molecule has 0 aliphatic carbocycles. The molecule has 1 amide bonds. The van der Waals surface area contributed by atoms with Crippen molar-refractivity contribution < 1.29 is 9.53 Å². The normalized spacial score (nSPS) is 17.5. The number of nitrogens with one attached hydrogen (secondary N) is 1. The number of benzene rings is 1. The van der Waals surface area contributed by atoms with Crippen molar-refractivity contribution in [3.05, 3.63) is 35.2 Å². The average molecular weight is 313 g/mol. The number of carbonyl (C=O) groups excluding carboxylic acids is 1. The smallest absolute Gasteiger partial charge is 0.256 e. The van der Waals surface area contributed by atoms with E-state index in [1.807, 2.05) is 31.2 Å². The number of hydrogen-bond acceptors (Lipinski definition) is 4. The van der Waals surface area contributed by atoms with E-state index in [1.165, 1.54) is 0 Å². The number of nitrogens with zero attached hydrogens (tertiary/aromatic N) is 2. The summed E-state index contributed by atoms with van der Waals surface area (Å²) in [5.74, 6) is 1.70. The molecule has 2 aliphatic rings. The number of aromatic nitrogens is 2. The van der Waals surface area contributed by atoms with Gasteiger partial charge in [0.05, 0.1) is 24.1 Å². The summed E-state index contributed by atoms with van der Waals surface area (Å²) < 4.78 is 7.45. The maximum absolute atomic E-state index is 12.3. The molecule has 0 radical (unpaired) electrons. The van der Waals surface area contributed by atoms with Gasteiger partial charge in [0, 0.05) is 23.5 Å². The van der Waals surface area contributed by atoms with E-state index in [1.54, 1.807) is 18.9 Å². The molecule has 0 spiro atoms. The van der Waals surface area contributed by atoms with Crippen molar-refractivity contribution in [2.24, 2.45) is 0 Å². The summed E-state index contributed by atoms with van der Waals surface area (Å²) >= 11 is 1.76. The maximum Gasteiger partial charge on any atom is 0.256 e. The number of methoxy groups -OCH3 is 1. The van der Waals surface area contributed by atoms with Crippen LogP contribution in [-0.4, -0.2) is 28.3 Å². The quantitative estimate of drug-likeness (QED) is 0.866. The van der Waals surface area contributed by atoms with E-state index >= 15 is 0 Å². The minimum Gasteiger partial charge on any atom is -0.497 e.